The number of β-lactam (4-membered cyclic amide) rings is 1. The standard InChI is InChI=1S/C25H40N4O4/c1-6-10-20(19-13-11-18(5)12-14-19)27-24(32)29-22(31)25(7-2,8-3)23(29)33-17-21(30)28(9-4)16-15-26/h11-14,20,23H,6-10,15-17,26H2,1-5H3,(H,27,32). The number of rotatable bonds is 12. The largest absolute Gasteiger partial charge is 0.347 e. The van der Waals surface area contributed by atoms with Crippen molar-refractivity contribution in [1.29, 1.82) is 0 Å². The molecule has 1 aromatic rings. The molecule has 1 saturated heterocycles. The fourth-order valence-electron chi connectivity index (χ4n) is 4.45. The van der Waals surface area contributed by atoms with Gasteiger partial charge in [-0.1, -0.05) is 57.0 Å². The van der Waals surface area contributed by atoms with E-state index in [4.69, 9.17) is 10.5 Å². The summed E-state index contributed by atoms with van der Waals surface area (Å²) in [6, 6.07) is 7.33. The summed E-state index contributed by atoms with van der Waals surface area (Å²) < 4.78 is 5.95. The third-order valence-corrected chi connectivity index (χ3v) is 6.69. The molecule has 1 aromatic carbocycles. The van der Waals surface area contributed by atoms with Gasteiger partial charge in [0, 0.05) is 19.6 Å². The molecule has 0 aromatic heterocycles. The summed E-state index contributed by atoms with van der Waals surface area (Å²) in [5.41, 5.74) is 6.93. The first-order chi connectivity index (χ1) is 15.8. The van der Waals surface area contributed by atoms with Crippen LogP contribution in [0, 0.1) is 12.3 Å². The maximum Gasteiger partial charge on any atom is 0.326 e. The topological polar surface area (TPSA) is 105 Å². The highest BCUT2D eigenvalue weighted by Crippen LogP contribution is 2.46. The van der Waals surface area contributed by atoms with Crippen LogP contribution in [0.2, 0.25) is 0 Å². The molecule has 1 fully saturated rings. The molecule has 2 rings (SSSR count). The minimum Gasteiger partial charge on any atom is -0.347 e. The first-order valence-corrected chi connectivity index (χ1v) is 12.1. The number of likely N-dealkylation sites (N-methyl/N-ethyl adjacent to an activating group) is 1. The normalized spacial score (nSPS) is 17.9. The summed E-state index contributed by atoms with van der Waals surface area (Å²) in [5.74, 6) is -0.455. The highest BCUT2D eigenvalue weighted by molar-refractivity contribution is 6.03. The zero-order valence-corrected chi connectivity index (χ0v) is 20.7. The molecule has 0 radical (unpaired) electrons. The van der Waals surface area contributed by atoms with Gasteiger partial charge in [-0.25, -0.2) is 9.69 Å². The molecule has 2 unspecified atom stereocenters. The Morgan fingerprint density at radius 3 is 2.33 bits per heavy atom. The number of hydrogen-bond acceptors (Lipinski definition) is 5. The zero-order chi connectivity index (χ0) is 24.6. The number of hydrogen-bond donors (Lipinski definition) is 2. The minimum absolute atomic E-state index is 0.201. The molecule has 1 heterocycles. The van der Waals surface area contributed by atoms with Crippen LogP contribution in [0.1, 0.15) is 70.5 Å². The first-order valence-electron chi connectivity index (χ1n) is 12.1. The van der Waals surface area contributed by atoms with Gasteiger partial charge in [-0.2, -0.15) is 0 Å². The number of urea groups is 1. The molecule has 0 aliphatic carbocycles. The molecule has 3 N–H and O–H groups in total. The van der Waals surface area contributed by atoms with Crippen LogP contribution in [-0.4, -0.2) is 60.1 Å². The number of nitrogens with one attached hydrogen (secondary N) is 1. The Morgan fingerprint density at radius 1 is 1.18 bits per heavy atom. The summed E-state index contributed by atoms with van der Waals surface area (Å²) in [4.78, 5) is 41.7. The Balaban J connectivity index is 2.18. The molecule has 0 spiro atoms. The second kappa shape index (κ2) is 12.1. The van der Waals surface area contributed by atoms with E-state index < -0.39 is 17.7 Å². The Labute approximate surface area is 197 Å². The van der Waals surface area contributed by atoms with Crippen molar-refractivity contribution >= 4 is 17.8 Å². The number of aryl methyl sites for hydroxylation is 1. The van der Waals surface area contributed by atoms with Crippen LogP contribution < -0.4 is 11.1 Å². The molecule has 8 heteroatoms. The number of benzene rings is 1. The van der Waals surface area contributed by atoms with Crippen LogP contribution in [0.4, 0.5) is 4.79 Å². The van der Waals surface area contributed by atoms with Gasteiger partial charge in [0.05, 0.1) is 11.5 Å². The Bertz CT molecular complexity index is 807. The molecule has 4 amide bonds. The van der Waals surface area contributed by atoms with Crippen molar-refractivity contribution in [2.24, 2.45) is 11.1 Å². The summed E-state index contributed by atoms with van der Waals surface area (Å²) >= 11 is 0. The molecule has 184 valence electrons. The third kappa shape index (κ3) is 5.73. The number of imide groups is 1. The van der Waals surface area contributed by atoms with Crippen LogP contribution in [0.25, 0.3) is 0 Å². The number of nitrogens with zero attached hydrogens (tertiary/aromatic N) is 2. The van der Waals surface area contributed by atoms with E-state index in [1.807, 2.05) is 52.0 Å². The lowest BCUT2D eigenvalue weighted by Gasteiger charge is -2.53. The fraction of sp³-hybridized carbons (Fsp3) is 0.640. The minimum atomic E-state index is -0.799. The van der Waals surface area contributed by atoms with E-state index in [2.05, 4.69) is 12.2 Å². The van der Waals surface area contributed by atoms with E-state index in [0.29, 0.717) is 32.5 Å². The van der Waals surface area contributed by atoms with Crippen molar-refractivity contribution < 1.29 is 19.1 Å². The molecule has 1 aliphatic heterocycles. The molecular weight excluding hydrogens is 420 g/mol. The van der Waals surface area contributed by atoms with Crippen LogP contribution >= 0.6 is 0 Å². The predicted octanol–water partition coefficient (Wildman–Crippen LogP) is 3.34. The van der Waals surface area contributed by atoms with Crippen LogP contribution in [0.15, 0.2) is 24.3 Å². The summed E-state index contributed by atoms with van der Waals surface area (Å²) in [7, 11) is 0. The van der Waals surface area contributed by atoms with Crippen LogP contribution in [0.5, 0.6) is 0 Å². The average molecular weight is 461 g/mol. The number of carbonyl (C=O) groups is 3. The molecule has 2 atom stereocenters. The van der Waals surface area contributed by atoms with Gasteiger partial charge in [0.2, 0.25) is 11.8 Å². The smallest absolute Gasteiger partial charge is 0.326 e. The molecule has 0 bridgehead atoms. The second-order valence-electron chi connectivity index (χ2n) is 8.67. The van der Waals surface area contributed by atoms with Gasteiger partial charge in [0.1, 0.15) is 6.61 Å². The van der Waals surface area contributed by atoms with E-state index in [9.17, 15) is 14.4 Å². The summed E-state index contributed by atoms with van der Waals surface area (Å²) in [5, 5.41) is 3.02. The number of carbonyl (C=O) groups excluding carboxylic acids is 3. The van der Waals surface area contributed by atoms with Gasteiger partial charge in [-0.15, -0.1) is 0 Å². The van der Waals surface area contributed by atoms with Crippen LogP contribution in [-0.2, 0) is 14.3 Å². The van der Waals surface area contributed by atoms with Crippen molar-refractivity contribution in [3.05, 3.63) is 35.4 Å². The van der Waals surface area contributed by atoms with Crippen LogP contribution in [0.3, 0.4) is 0 Å². The van der Waals surface area contributed by atoms with Crippen molar-refractivity contribution in [3.8, 4) is 0 Å². The zero-order valence-electron chi connectivity index (χ0n) is 20.7. The highest BCUT2D eigenvalue weighted by Gasteiger charge is 2.62. The lowest BCUT2D eigenvalue weighted by atomic mass is 9.72. The molecule has 1 aliphatic rings. The Kier molecular flexibility index (Phi) is 9.86. The number of likely N-dealkylation sites (tertiary alicyclic amines) is 1. The van der Waals surface area contributed by atoms with Gasteiger partial charge in [-0.05, 0) is 38.7 Å². The fourth-order valence-corrected chi connectivity index (χ4v) is 4.45. The van der Waals surface area contributed by atoms with E-state index in [1.54, 1.807) is 4.90 Å². The third-order valence-electron chi connectivity index (χ3n) is 6.69. The highest BCUT2D eigenvalue weighted by atomic mass is 16.5. The average Bonchev–Trinajstić information content (AvgIpc) is 2.81. The Hall–Kier alpha value is -2.45. The van der Waals surface area contributed by atoms with Gasteiger partial charge in [0.25, 0.3) is 0 Å². The van der Waals surface area contributed by atoms with Crippen molar-refractivity contribution in [3.63, 3.8) is 0 Å². The molecular formula is C25H40N4O4. The number of ether oxygens (including phenoxy) is 1. The van der Waals surface area contributed by atoms with Gasteiger partial charge in [0.15, 0.2) is 6.23 Å². The lowest BCUT2D eigenvalue weighted by Crippen LogP contribution is -2.72. The summed E-state index contributed by atoms with van der Waals surface area (Å²) in [6.45, 7) is 10.9. The molecule has 33 heavy (non-hydrogen) atoms. The summed E-state index contributed by atoms with van der Waals surface area (Å²) in [6.07, 6.45) is 1.91. The maximum atomic E-state index is 13.2. The van der Waals surface area contributed by atoms with Crippen molar-refractivity contribution in [1.82, 2.24) is 15.1 Å². The predicted molar refractivity (Wildman–Crippen MR) is 128 cm³/mol. The second-order valence-corrected chi connectivity index (χ2v) is 8.67. The van der Waals surface area contributed by atoms with Gasteiger partial charge < -0.3 is 20.7 Å². The monoisotopic (exact) mass is 460 g/mol. The van der Waals surface area contributed by atoms with Gasteiger partial charge in [-0.3, -0.25) is 9.59 Å². The van der Waals surface area contributed by atoms with E-state index in [0.717, 1.165) is 28.9 Å². The maximum absolute atomic E-state index is 13.2. The number of amides is 4. The van der Waals surface area contributed by atoms with E-state index in [1.165, 1.54) is 0 Å². The van der Waals surface area contributed by atoms with Gasteiger partial charge >= 0.3 is 6.03 Å². The van der Waals surface area contributed by atoms with E-state index in [-0.39, 0.29) is 24.5 Å². The van der Waals surface area contributed by atoms with Crippen molar-refractivity contribution in [2.75, 3.05) is 26.2 Å². The molecule has 8 nitrogen and oxygen atoms in total. The SMILES string of the molecule is CCCC(NC(=O)N1C(=O)C(CC)(CC)C1OCC(=O)N(CC)CCN)c1ccc(C)cc1. The van der Waals surface area contributed by atoms with E-state index >= 15 is 0 Å². The first kappa shape index (κ1) is 26.8. The lowest BCUT2D eigenvalue weighted by molar-refractivity contribution is -0.212. The molecule has 0 saturated carbocycles. The quantitative estimate of drug-likeness (QED) is 0.466. The van der Waals surface area contributed by atoms with Crippen molar-refractivity contribution in [2.45, 2.75) is 72.6 Å². The Morgan fingerprint density at radius 2 is 1.82 bits per heavy atom. The number of nitrogens with two attached hydrogens (primary N) is 1.